The maximum atomic E-state index is 8.98. The van der Waals surface area contributed by atoms with Gasteiger partial charge in [0.05, 0.1) is 77.9 Å². The Balaban J connectivity index is 0.000000107. The fraction of sp³-hybridized carbons (Fsp3) is 0.230. The van der Waals surface area contributed by atoms with Gasteiger partial charge in [-0.3, -0.25) is 13.7 Å². The van der Waals surface area contributed by atoms with E-state index in [2.05, 4.69) is 257 Å². The van der Waals surface area contributed by atoms with Crippen LogP contribution in [-0.2, 0) is 53.2 Å². The summed E-state index contributed by atoms with van der Waals surface area (Å²) in [4.78, 5) is 24.1. The predicted octanol–water partition coefficient (Wildman–Crippen LogP) is 20.4. The number of imidazole rings is 4. The van der Waals surface area contributed by atoms with E-state index in [1.165, 1.54) is 68.2 Å². The van der Waals surface area contributed by atoms with E-state index in [-0.39, 0.29) is 12.1 Å². The van der Waals surface area contributed by atoms with Gasteiger partial charge in [-0.1, -0.05) is 141 Å². The molecule has 113 heavy (non-hydrogen) atoms. The van der Waals surface area contributed by atoms with Crippen LogP contribution in [0.3, 0.4) is 0 Å². The van der Waals surface area contributed by atoms with E-state index in [4.69, 9.17) is 30.9 Å². The summed E-state index contributed by atoms with van der Waals surface area (Å²) in [5.74, 6) is 4.44. The van der Waals surface area contributed by atoms with E-state index in [1.54, 1.807) is 12.4 Å². The summed E-state index contributed by atoms with van der Waals surface area (Å²) >= 11 is 0. The fourth-order valence-electron chi connectivity index (χ4n) is 18.0. The number of para-hydroxylation sites is 4. The zero-order chi connectivity index (χ0) is 83.8. The van der Waals surface area contributed by atoms with E-state index in [9.17, 15) is 0 Å². The van der Waals surface area contributed by atoms with Crippen LogP contribution in [0.1, 0.15) is 134 Å². The van der Waals surface area contributed by atoms with Crippen molar-refractivity contribution >= 4 is 61.7 Å². The molecule has 0 N–H and O–H groups in total. The van der Waals surface area contributed by atoms with Gasteiger partial charge >= 0.3 is 0 Å². The highest BCUT2D eigenvalue weighted by atomic mass is 15.4. The zero-order valence-electron chi connectivity index (χ0n) is 73.5. The molecule has 1 fully saturated rings. The summed E-state index contributed by atoms with van der Waals surface area (Å²) in [6.07, 6.45) is 22.0. The number of anilines is 2. The van der Waals surface area contributed by atoms with Crippen molar-refractivity contribution in [3.8, 4) is 62.0 Å². The number of benzene rings is 9. The first-order valence-electron chi connectivity index (χ1n) is 43.6. The lowest BCUT2D eigenvalue weighted by Gasteiger charge is -2.30. The first-order chi connectivity index (χ1) is 58.2. The highest BCUT2D eigenvalue weighted by Crippen LogP contribution is 2.42. The minimum Gasteiger partial charge on any atom is -0.326 e. The SMILES string of the molecule is Cc1cc2nc3n(c2cc1N1C=CN(c2ccccc2)[C@@H]1C)C=CC3.[2H]C([2H])([2H])c1c[n+](C)c(-c2cc3c(cc2C)nc2n3-c3ccccc3C2)cc1-c1ccccc1.[2H]C([2H])([2H])c1c[n+](C)c(-c2cc3c(cc2C)nc2n3-c3ccccc3C2)cc1C.[2H]C([2H])(c1cc[n+](C)c(-c2cc3c(cc2C)nc2n3-c3ccccc3C2)c1)C1CCCCC1. The number of aryl methyl sites for hydroxylation is 10. The van der Waals surface area contributed by atoms with Crippen molar-refractivity contribution in [2.24, 2.45) is 27.1 Å². The molecule has 0 saturated heterocycles. The maximum absolute atomic E-state index is 8.98. The third kappa shape index (κ3) is 12.7. The molecule has 0 radical (unpaired) electrons. The van der Waals surface area contributed by atoms with Gasteiger partial charge in [-0.05, 0) is 208 Å². The third-order valence-electron chi connectivity index (χ3n) is 23.9. The van der Waals surface area contributed by atoms with Gasteiger partial charge in [0.1, 0.15) is 50.6 Å². The topological polar surface area (TPSA) is 89.4 Å². The normalized spacial score (nSPS) is 16.1. The quantitative estimate of drug-likeness (QED) is 0.141. The average Bonchev–Trinajstić information content (AvgIpc) is 1.61. The van der Waals surface area contributed by atoms with Gasteiger partial charge in [0.2, 0.25) is 17.1 Å². The number of fused-ring (bicyclic) bond motifs is 18. The molecule has 13 nitrogen and oxygen atoms in total. The highest BCUT2D eigenvalue weighted by molar-refractivity contribution is 5.90. The Labute approximate surface area is 673 Å². The van der Waals surface area contributed by atoms with E-state index in [1.807, 2.05) is 84.9 Å². The average molecular weight is 1490 g/mol. The monoisotopic (exact) mass is 1490 g/mol. The van der Waals surface area contributed by atoms with Crippen LogP contribution in [0.25, 0.3) is 112 Å². The molecule has 0 bridgehead atoms. The van der Waals surface area contributed by atoms with Crippen molar-refractivity contribution in [3.05, 3.63) is 328 Å². The number of pyridine rings is 3. The zero-order valence-corrected chi connectivity index (χ0v) is 65.5. The molecule has 0 unspecified atom stereocenters. The molecule has 0 amide bonds. The van der Waals surface area contributed by atoms with Crippen LogP contribution >= 0.6 is 0 Å². The van der Waals surface area contributed by atoms with Crippen molar-refractivity contribution in [3.63, 3.8) is 0 Å². The van der Waals surface area contributed by atoms with Gasteiger partial charge in [0, 0.05) is 102 Å². The molecule has 5 aliphatic heterocycles. The molecule has 0 spiro atoms. The lowest BCUT2D eigenvalue weighted by molar-refractivity contribution is -0.660. The number of allylic oxidation sites excluding steroid dienone is 1. The van der Waals surface area contributed by atoms with Crippen LogP contribution in [0.2, 0.25) is 0 Å². The largest absolute Gasteiger partial charge is 0.326 e. The summed E-state index contributed by atoms with van der Waals surface area (Å²) in [7, 11) is 5.87. The van der Waals surface area contributed by atoms with Crippen molar-refractivity contribution in [1.82, 2.24) is 38.2 Å². The molecule has 1 aliphatic carbocycles. The van der Waals surface area contributed by atoms with Crippen LogP contribution < -0.4 is 23.5 Å². The number of hydrogen-bond donors (Lipinski definition) is 0. The Morgan fingerprint density at radius 3 is 1.42 bits per heavy atom. The number of hydrogen-bond acceptors (Lipinski definition) is 6. The smallest absolute Gasteiger partial charge is 0.213 e. The standard InChI is InChI=1S/C28H24N3.C28H30N3.C23H22N3.C21H20N4/c1-18-13-24-27(31-25-12-8-7-11-21(25)14-28(31)29-24)16-23(18)26-15-22(19(2)17-30(26)3)20-9-5-4-6-10-20;1-19-14-24-27(31-25-11-7-6-10-22(25)17-28(31)29-24)18-23(19)26-16-21(12-13-30(26)2)15-20-8-4-3-5-9-20;1-14-10-21(25(4)13-16(14)3)18-12-22-19(9-15(18)2)24-23-11-17-7-5-6-8-20(17)26(22)23;1-15-13-18-20(25-10-6-9-21(25)22-18)14-19(15)24-12-11-23(16(24)2)17-7-4-3-5-8-17/h4-13,15-17H,14H2,1-3H3;6-7,10-14,16,18,20H,3-5,8-9,15,17H2,1-2H3;5-10,12-13H,11H2,1-4H3;3-8,10-14,16H,9H2,1-2H3/q3*+1;/t;;;16-/m...0/s1/i2D3;15D2;3D3;. The molecule has 6 aliphatic rings. The lowest BCUT2D eigenvalue weighted by Crippen LogP contribution is -2.36. The van der Waals surface area contributed by atoms with Crippen LogP contribution in [0.5, 0.6) is 0 Å². The van der Waals surface area contributed by atoms with Crippen LogP contribution in [0.4, 0.5) is 11.4 Å². The first-order valence-corrected chi connectivity index (χ1v) is 39.6. The van der Waals surface area contributed by atoms with Crippen molar-refractivity contribution in [1.29, 1.82) is 0 Å². The molecule has 558 valence electrons. The van der Waals surface area contributed by atoms with Crippen molar-refractivity contribution < 1.29 is 24.7 Å². The Kier molecular flexibility index (Phi) is 15.7. The van der Waals surface area contributed by atoms with Crippen molar-refractivity contribution in [2.45, 2.75) is 126 Å². The summed E-state index contributed by atoms with van der Waals surface area (Å²) in [5.41, 5.74) is 33.4. The summed E-state index contributed by atoms with van der Waals surface area (Å²) in [6.45, 7) is 8.25. The Morgan fingerprint density at radius 1 is 0.407 bits per heavy atom. The summed E-state index contributed by atoms with van der Waals surface area (Å²) < 4.78 is 80.6. The second kappa shape index (κ2) is 28.6. The van der Waals surface area contributed by atoms with Gasteiger partial charge in [-0.15, -0.1) is 0 Å². The van der Waals surface area contributed by atoms with E-state index in [0.717, 1.165) is 180 Å². The minimum atomic E-state index is -2.21. The molecule has 12 heterocycles. The van der Waals surface area contributed by atoms with Crippen LogP contribution in [0, 0.1) is 54.2 Å². The minimum absolute atomic E-state index is 0.102. The Morgan fingerprint density at radius 2 is 0.876 bits per heavy atom. The Hall–Kier alpha value is -12.6. The van der Waals surface area contributed by atoms with E-state index >= 15 is 0 Å². The third-order valence-corrected chi connectivity index (χ3v) is 23.9. The van der Waals surface area contributed by atoms with E-state index in [0.29, 0.717) is 11.1 Å². The Bertz CT molecular complexity index is 6910. The fourth-order valence-corrected chi connectivity index (χ4v) is 18.0. The molecule has 16 aromatic rings. The van der Waals surface area contributed by atoms with Gasteiger partial charge in [-0.25, -0.2) is 33.6 Å². The molecular formula is C100H96N13+3. The second-order valence-electron chi connectivity index (χ2n) is 31.4. The lowest BCUT2D eigenvalue weighted by atomic mass is 9.85. The van der Waals surface area contributed by atoms with Crippen molar-refractivity contribution in [2.75, 3.05) is 9.80 Å². The molecular weight excluding hydrogens is 1380 g/mol. The molecule has 13 heteroatoms. The molecule has 22 rings (SSSR count). The van der Waals surface area contributed by atoms with E-state index < -0.39 is 20.1 Å². The summed E-state index contributed by atoms with van der Waals surface area (Å²) in [5, 5.41) is 0. The van der Waals surface area contributed by atoms with Crippen LogP contribution in [-0.4, -0.2) is 44.4 Å². The van der Waals surface area contributed by atoms with Gasteiger partial charge < -0.3 is 14.4 Å². The number of rotatable bonds is 8. The van der Waals surface area contributed by atoms with Crippen LogP contribution in [0.15, 0.2) is 243 Å². The van der Waals surface area contributed by atoms with Gasteiger partial charge in [-0.2, -0.15) is 0 Å². The van der Waals surface area contributed by atoms with Gasteiger partial charge in [0.25, 0.3) is 0 Å². The van der Waals surface area contributed by atoms with Gasteiger partial charge in [0.15, 0.2) is 18.6 Å². The maximum Gasteiger partial charge on any atom is 0.213 e. The first kappa shape index (κ1) is 62.1. The second-order valence-corrected chi connectivity index (χ2v) is 31.4. The molecule has 1 saturated carbocycles. The highest BCUT2D eigenvalue weighted by Gasteiger charge is 2.31. The molecule has 9 aromatic carbocycles. The molecule has 7 aromatic heterocycles. The number of aromatic nitrogens is 11. The molecule has 1 atom stereocenters. The summed E-state index contributed by atoms with van der Waals surface area (Å²) in [6, 6.07) is 71.3. The predicted molar refractivity (Wildman–Crippen MR) is 459 cm³/mol. The number of nitrogens with zero attached hydrogens (tertiary/aromatic N) is 13.